The van der Waals surface area contributed by atoms with Crippen molar-refractivity contribution < 1.29 is 22.7 Å². The first kappa shape index (κ1) is 21.9. The lowest BCUT2D eigenvalue weighted by atomic mass is 10.2. The smallest absolute Gasteiger partial charge is 0.257 e. The van der Waals surface area contributed by atoms with Crippen LogP contribution >= 0.6 is 0 Å². The van der Waals surface area contributed by atoms with Crippen molar-refractivity contribution in [3.63, 3.8) is 0 Å². The summed E-state index contributed by atoms with van der Waals surface area (Å²) in [5, 5.41) is 2.71. The van der Waals surface area contributed by atoms with Crippen LogP contribution in [-0.2, 0) is 26.0 Å². The van der Waals surface area contributed by atoms with E-state index in [0.717, 1.165) is 12.0 Å². The summed E-state index contributed by atoms with van der Waals surface area (Å²) in [5.41, 5.74) is 1.06. The van der Waals surface area contributed by atoms with E-state index in [0.29, 0.717) is 31.9 Å². The van der Waals surface area contributed by atoms with Crippen LogP contribution < -0.4 is 14.8 Å². The van der Waals surface area contributed by atoms with Gasteiger partial charge in [-0.2, -0.15) is 0 Å². The van der Waals surface area contributed by atoms with Crippen LogP contribution in [0.4, 0.5) is 0 Å². The van der Waals surface area contributed by atoms with Crippen molar-refractivity contribution in [2.24, 2.45) is 0 Å². The molecule has 2 N–H and O–H groups in total. The minimum Gasteiger partial charge on any atom is -0.484 e. The molecular weight excluding hydrogens is 380 g/mol. The molecule has 0 spiro atoms. The number of carbonyl (C=O) groups excluding carboxylic acids is 1. The maximum Gasteiger partial charge on any atom is 0.257 e. The normalized spacial score (nSPS) is 11.2. The van der Waals surface area contributed by atoms with Crippen LogP contribution in [-0.4, -0.2) is 47.7 Å². The van der Waals surface area contributed by atoms with Gasteiger partial charge in [0.2, 0.25) is 10.0 Å². The van der Waals surface area contributed by atoms with Crippen molar-refractivity contribution >= 4 is 15.9 Å². The number of carbonyl (C=O) groups is 1. The maximum atomic E-state index is 12.3. The summed E-state index contributed by atoms with van der Waals surface area (Å²) in [5.74, 6) is 0.186. The molecule has 0 radical (unpaired) electrons. The van der Waals surface area contributed by atoms with Crippen molar-refractivity contribution in [1.29, 1.82) is 0 Å². The number of ether oxygens (including phenoxy) is 2. The van der Waals surface area contributed by atoms with E-state index in [-0.39, 0.29) is 17.4 Å². The van der Waals surface area contributed by atoms with Crippen molar-refractivity contribution in [1.82, 2.24) is 10.0 Å². The van der Waals surface area contributed by atoms with Gasteiger partial charge in [-0.25, -0.2) is 13.1 Å². The molecule has 7 nitrogen and oxygen atoms in total. The standard InChI is InChI=1S/C20H26N2O5S/c1-26-15-5-13-21-20(23)16-27-18-8-10-19(11-9-18)28(24,25)22-14-12-17-6-3-2-4-7-17/h2-4,6-11,22H,5,12-16H2,1H3,(H,21,23). The largest absolute Gasteiger partial charge is 0.484 e. The fourth-order valence-corrected chi connectivity index (χ4v) is 3.45. The zero-order chi connectivity index (χ0) is 20.2. The summed E-state index contributed by atoms with van der Waals surface area (Å²) in [7, 11) is -1.99. The van der Waals surface area contributed by atoms with Gasteiger partial charge in [0, 0.05) is 26.8 Å². The predicted octanol–water partition coefficient (Wildman–Crippen LogP) is 1.74. The molecule has 0 unspecified atom stereocenters. The van der Waals surface area contributed by atoms with E-state index in [9.17, 15) is 13.2 Å². The Morgan fingerprint density at radius 2 is 1.71 bits per heavy atom. The van der Waals surface area contributed by atoms with Crippen LogP contribution in [0.1, 0.15) is 12.0 Å². The minimum absolute atomic E-state index is 0.131. The van der Waals surface area contributed by atoms with Crippen molar-refractivity contribution in [2.45, 2.75) is 17.7 Å². The lowest BCUT2D eigenvalue weighted by Crippen LogP contribution is -2.30. The third-order valence-corrected chi connectivity index (χ3v) is 5.38. The lowest BCUT2D eigenvalue weighted by Gasteiger charge is -2.09. The molecule has 0 aliphatic heterocycles. The van der Waals surface area contributed by atoms with Gasteiger partial charge < -0.3 is 14.8 Å². The molecule has 2 rings (SSSR count). The van der Waals surface area contributed by atoms with Crippen molar-refractivity contribution in [3.05, 3.63) is 60.2 Å². The summed E-state index contributed by atoms with van der Waals surface area (Å²) < 4.78 is 37.5. The Morgan fingerprint density at radius 1 is 1.00 bits per heavy atom. The van der Waals surface area contributed by atoms with Gasteiger partial charge in [-0.05, 0) is 42.7 Å². The summed E-state index contributed by atoms with van der Waals surface area (Å²) in [6.45, 7) is 1.28. The van der Waals surface area contributed by atoms with Crippen LogP contribution in [0.15, 0.2) is 59.5 Å². The molecule has 0 atom stereocenters. The molecule has 0 bridgehead atoms. The number of amides is 1. The lowest BCUT2D eigenvalue weighted by molar-refractivity contribution is -0.123. The van der Waals surface area contributed by atoms with E-state index >= 15 is 0 Å². The Balaban J connectivity index is 1.77. The van der Waals surface area contributed by atoms with E-state index in [1.807, 2.05) is 30.3 Å². The van der Waals surface area contributed by atoms with E-state index < -0.39 is 10.0 Å². The SMILES string of the molecule is COCCCNC(=O)COc1ccc(S(=O)(=O)NCCc2ccccc2)cc1. The molecule has 2 aromatic carbocycles. The molecule has 0 aliphatic rings. The Labute approximate surface area is 166 Å². The van der Waals surface area contributed by atoms with Crippen LogP contribution in [0.25, 0.3) is 0 Å². The van der Waals surface area contributed by atoms with Crippen LogP contribution in [0.3, 0.4) is 0 Å². The molecular formula is C20H26N2O5S. The van der Waals surface area contributed by atoms with Gasteiger partial charge in [-0.1, -0.05) is 30.3 Å². The second kappa shape index (κ2) is 11.4. The Bertz CT molecular complexity index is 823. The zero-order valence-corrected chi connectivity index (χ0v) is 16.7. The van der Waals surface area contributed by atoms with Gasteiger partial charge in [0.15, 0.2) is 6.61 Å². The Kier molecular flexibility index (Phi) is 8.93. The highest BCUT2D eigenvalue weighted by atomic mass is 32.2. The number of hydrogen-bond donors (Lipinski definition) is 2. The summed E-state index contributed by atoms with van der Waals surface area (Å²) in [6.07, 6.45) is 1.34. The molecule has 0 saturated carbocycles. The van der Waals surface area contributed by atoms with E-state index in [1.165, 1.54) is 24.3 Å². The topological polar surface area (TPSA) is 93.7 Å². The first-order chi connectivity index (χ1) is 13.5. The quantitative estimate of drug-likeness (QED) is 0.524. The number of hydrogen-bond acceptors (Lipinski definition) is 5. The Hall–Kier alpha value is -2.42. The first-order valence-electron chi connectivity index (χ1n) is 9.03. The number of rotatable bonds is 12. The molecule has 0 aliphatic carbocycles. The molecule has 2 aromatic rings. The van der Waals surface area contributed by atoms with E-state index in [4.69, 9.17) is 9.47 Å². The molecule has 0 saturated heterocycles. The predicted molar refractivity (Wildman–Crippen MR) is 107 cm³/mol. The van der Waals surface area contributed by atoms with E-state index in [1.54, 1.807) is 7.11 Å². The van der Waals surface area contributed by atoms with Crippen LogP contribution in [0, 0.1) is 0 Å². The highest BCUT2D eigenvalue weighted by molar-refractivity contribution is 7.89. The Morgan fingerprint density at radius 3 is 2.39 bits per heavy atom. The molecule has 152 valence electrons. The number of nitrogens with one attached hydrogen (secondary N) is 2. The van der Waals surface area contributed by atoms with Gasteiger partial charge in [-0.3, -0.25) is 4.79 Å². The highest BCUT2D eigenvalue weighted by Crippen LogP contribution is 2.16. The van der Waals surface area contributed by atoms with Crippen molar-refractivity contribution in [2.75, 3.05) is 33.4 Å². The van der Waals surface area contributed by atoms with Crippen molar-refractivity contribution in [3.8, 4) is 5.75 Å². The van der Waals surface area contributed by atoms with Gasteiger partial charge in [-0.15, -0.1) is 0 Å². The summed E-state index contributed by atoms with van der Waals surface area (Å²) in [6, 6.07) is 15.6. The fourth-order valence-electron chi connectivity index (χ4n) is 2.42. The second-order valence-corrected chi connectivity index (χ2v) is 7.86. The first-order valence-corrected chi connectivity index (χ1v) is 10.5. The third kappa shape index (κ3) is 7.67. The summed E-state index contributed by atoms with van der Waals surface area (Å²) >= 11 is 0. The minimum atomic E-state index is -3.59. The number of benzene rings is 2. The molecule has 28 heavy (non-hydrogen) atoms. The highest BCUT2D eigenvalue weighted by Gasteiger charge is 2.13. The average molecular weight is 407 g/mol. The molecule has 0 heterocycles. The number of methoxy groups -OCH3 is 1. The zero-order valence-electron chi connectivity index (χ0n) is 15.9. The second-order valence-electron chi connectivity index (χ2n) is 6.09. The molecule has 1 amide bonds. The van der Waals surface area contributed by atoms with Crippen LogP contribution in [0.5, 0.6) is 5.75 Å². The van der Waals surface area contributed by atoms with Gasteiger partial charge in [0.1, 0.15) is 5.75 Å². The third-order valence-electron chi connectivity index (χ3n) is 3.90. The number of sulfonamides is 1. The van der Waals surface area contributed by atoms with Gasteiger partial charge in [0.05, 0.1) is 4.90 Å². The van der Waals surface area contributed by atoms with E-state index in [2.05, 4.69) is 10.0 Å². The summed E-state index contributed by atoms with van der Waals surface area (Å²) in [4.78, 5) is 11.8. The average Bonchev–Trinajstić information content (AvgIpc) is 2.71. The van der Waals surface area contributed by atoms with Gasteiger partial charge >= 0.3 is 0 Å². The monoisotopic (exact) mass is 406 g/mol. The molecule has 8 heteroatoms. The van der Waals surface area contributed by atoms with Gasteiger partial charge in [0.25, 0.3) is 5.91 Å². The molecule has 0 aromatic heterocycles. The fraction of sp³-hybridized carbons (Fsp3) is 0.350. The molecule has 0 fully saturated rings. The maximum absolute atomic E-state index is 12.3. The van der Waals surface area contributed by atoms with Crippen LogP contribution in [0.2, 0.25) is 0 Å².